The lowest BCUT2D eigenvalue weighted by atomic mass is 9.89. The molecule has 3 aromatic carbocycles. The van der Waals surface area contributed by atoms with Gasteiger partial charge in [0.2, 0.25) is 0 Å². The molecule has 3 aromatic rings. The lowest BCUT2D eigenvalue weighted by Crippen LogP contribution is -2.13. The van der Waals surface area contributed by atoms with E-state index in [4.69, 9.17) is 0 Å². The number of rotatable bonds is 2. The van der Waals surface area contributed by atoms with Crippen LogP contribution in [-0.4, -0.2) is 16.5 Å². The average Bonchev–Trinajstić information content (AvgIpc) is 2.85. The van der Waals surface area contributed by atoms with E-state index in [-0.39, 0.29) is 17.3 Å². The monoisotopic (exact) mass is 317 g/mol. The van der Waals surface area contributed by atoms with Gasteiger partial charge in [-0.3, -0.25) is 19.7 Å². The molecule has 5 heteroatoms. The molecule has 0 saturated heterocycles. The second-order valence-electron chi connectivity index (χ2n) is 5.68. The molecule has 0 radical (unpaired) electrons. The average molecular weight is 317 g/mol. The first-order valence-electron chi connectivity index (χ1n) is 7.43. The molecular formula is C19H11NO4. The Hall–Kier alpha value is -3.34. The molecule has 116 valence electrons. The van der Waals surface area contributed by atoms with Gasteiger partial charge >= 0.3 is 0 Å². The third kappa shape index (κ3) is 1.88. The summed E-state index contributed by atoms with van der Waals surface area (Å²) in [6.07, 6.45) is 0. The highest BCUT2D eigenvalue weighted by molar-refractivity contribution is 6.30. The summed E-state index contributed by atoms with van der Waals surface area (Å²) in [5.74, 6) is -1.45. The molecular weight excluding hydrogens is 306 g/mol. The molecule has 0 unspecified atom stereocenters. The van der Waals surface area contributed by atoms with Crippen LogP contribution in [0.1, 0.15) is 32.2 Å². The summed E-state index contributed by atoms with van der Waals surface area (Å²) < 4.78 is 0. The Balaban J connectivity index is 1.96. The number of ketones is 2. The molecule has 0 aliphatic heterocycles. The van der Waals surface area contributed by atoms with Crippen LogP contribution in [0.3, 0.4) is 0 Å². The third-order valence-corrected chi connectivity index (χ3v) is 4.42. The van der Waals surface area contributed by atoms with Gasteiger partial charge in [0.1, 0.15) is 5.92 Å². The van der Waals surface area contributed by atoms with Gasteiger partial charge in [-0.1, -0.05) is 48.5 Å². The minimum atomic E-state index is -0.937. The van der Waals surface area contributed by atoms with Crippen molar-refractivity contribution in [2.45, 2.75) is 5.92 Å². The van der Waals surface area contributed by atoms with Crippen molar-refractivity contribution in [3.8, 4) is 0 Å². The summed E-state index contributed by atoms with van der Waals surface area (Å²) in [4.78, 5) is 36.2. The largest absolute Gasteiger partial charge is 0.293 e. The van der Waals surface area contributed by atoms with E-state index < -0.39 is 10.8 Å². The minimum absolute atomic E-state index is 0.0373. The molecule has 1 aliphatic carbocycles. The Morgan fingerprint density at radius 3 is 1.88 bits per heavy atom. The number of non-ortho nitro benzene ring substituents is 1. The van der Waals surface area contributed by atoms with Gasteiger partial charge in [0.05, 0.1) is 10.3 Å². The second-order valence-corrected chi connectivity index (χ2v) is 5.68. The number of fused-ring (bicyclic) bond motifs is 2. The lowest BCUT2D eigenvalue weighted by Gasteiger charge is -2.11. The van der Waals surface area contributed by atoms with E-state index in [1.807, 2.05) is 0 Å². The molecule has 0 spiro atoms. The van der Waals surface area contributed by atoms with Crippen molar-refractivity contribution in [2.24, 2.45) is 0 Å². The molecule has 24 heavy (non-hydrogen) atoms. The van der Waals surface area contributed by atoms with Gasteiger partial charge in [0.25, 0.3) is 5.69 Å². The maximum absolute atomic E-state index is 12.7. The summed E-state index contributed by atoms with van der Waals surface area (Å²) in [7, 11) is 0. The maximum atomic E-state index is 12.7. The smallest absolute Gasteiger partial charge is 0.277 e. The lowest BCUT2D eigenvalue weighted by molar-refractivity contribution is -0.383. The number of carbonyl (C=O) groups excluding carboxylic acids is 2. The van der Waals surface area contributed by atoms with Crippen LogP contribution in [-0.2, 0) is 0 Å². The van der Waals surface area contributed by atoms with Crippen molar-refractivity contribution in [3.63, 3.8) is 0 Å². The standard InChI is InChI=1S/C19H11NO4/c21-18-14-7-3-4-8-15(14)19(22)17(18)13-9-10-16(20(23)24)12-6-2-1-5-11(12)13/h1-10,17H. The highest BCUT2D eigenvalue weighted by Crippen LogP contribution is 2.39. The zero-order valence-electron chi connectivity index (χ0n) is 12.4. The van der Waals surface area contributed by atoms with Gasteiger partial charge in [-0.15, -0.1) is 0 Å². The van der Waals surface area contributed by atoms with Gasteiger partial charge < -0.3 is 0 Å². The number of hydrogen-bond acceptors (Lipinski definition) is 4. The van der Waals surface area contributed by atoms with Crippen LogP contribution in [0.2, 0.25) is 0 Å². The summed E-state index contributed by atoms with van der Waals surface area (Å²) in [6, 6.07) is 16.4. The normalized spacial score (nSPS) is 14.2. The van der Waals surface area contributed by atoms with Crippen molar-refractivity contribution in [2.75, 3.05) is 0 Å². The first-order chi connectivity index (χ1) is 11.6. The molecule has 1 aliphatic rings. The van der Waals surface area contributed by atoms with Crippen molar-refractivity contribution in [1.29, 1.82) is 0 Å². The first-order valence-corrected chi connectivity index (χ1v) is 7.43. The van der Waals surface area contributed by atoms with Crippen molar-refractivity contribution in [1.82, 2.24) is 0 Å². The fourth-order valence-electron chi connectivity index (χ4n) is 3.34. The number of nitro groups is 1. The van der Waals surface area contributed by atoms with Gasteiger partial charge in [-0.05, 0) is 17.0 Å². The van der Waals surface area contributed by atoms with E-state index in [0.29, 0.717) is 27.5 Å². The highest BCUT2D eigenvalue weighted by Gasteiger charge is 2.40. The molecule has 5 nitrogen and oxygen atoms in total. The van der Waals surface area contributed by atoms with Gasteiger partial charge in [0.15, 0.2) is 11.6 Å². The van der Waals surface area contributed by atoms with Crippen LogP contribution in [0.25, 0.3) is 10.8 Å². The Bertz CT molecular complexity index is 1000. The third-order valence-electron chi connectivity index (χ3n) is 4.42. The number of benzene rings is 3. The van der Waals surface area contributed by atoms with Crippen LogP contribution in [0.4, 0.5) is 5.69 Å². The summed E-state index contributed by atoms with van der Waals surface area (Å²) in [6.45, 7) is 0. The zero-order valence-corrected chi connectivity index (χ0v) is 12.4. The van der Waals surface area contributed by atoms with Crippen molar-refractivity contribution in [3.05, 3.63) is 87.5 Å². The summed E-state index contributed by atoms with van der Waals surface area (Å²) in [5, 5.41) is 12.2. The highest BCUT2D eigenvalue weighted by atomic mass is 16.6. The quantitative estimate of drug-likeness (QED) is 0.408. The molecule has 0 bridgehead atoms. The van der Waals surface area contributed by atoms with E-state index in [2.05, 4.69) is 0 Å². The minimum Gasteiger partial charge on any atom is -0.293 e. The summed E-state index contributed by atoms with van der Waals surface area (Å²) >= 11 is 0. The zero-order chi connectivity index (χ0) is 16.8. The molecule has 0 amide bonds. The number of hydrogen-bond donors (Lipinski definition) is 0. The number of Topliss-reactive ketones (excluding diaryl/α,β-unsaturated/α-hetero) is 2. The van der Waals surface area contributed by atoms with Crippen LogP contribution in [0.5, 0.6) is 0 Å². The molecule has 0 heterocycles. The molecule has 0 saturated carbocycles. The molecule has 4 rings (SSSR count). The Morgan fingerprint density at radius 1 is 0.750 bits per heavy atom. The second kappa shape index (κ2) is 5.09. The van der Waals surface area contributed by atoms with Crippen molar-refractivity contribution >= 4 is 28.0 Å². The Kier molecular flexibility index (Phi) is 3.03. The van der Waals surface area contributed by atoms with Crippen molar-refractivity contribution < 1.29 is 14.5 Å². The van der Waals surface area contributed by atoms with E-state index in [0.717, 1.165) is 0 Å². The predicted molar refractivity (Wildman–Crippen MR) is 88.4 cm³/mol. The van der Waals surface area contributed by atoms with E-state index >= 15 is 0 Å². The number of carbonyl (C=O) groups is 2. The molecule has 0 aromatic heterocycles. The Labute approximate surface area is 136 Å². The molecule has 0 fully saturated rings. The maximum Gasteiger partial charge on any atom is 0.277 e. The van der Waals surface area contributed by atoms with E-state index in [9.17, 15) is 19.7 Å². The van der Waals surface area contributed by atoms with Crippen LogP contribution < -0.4 is 0 Å². The fourth-order valence-corrected chi connectivity index (χ4v) is 3.34. The number of nitrogens with zero attached hydrogens (tertiary/aromatic N) is 1. The SMILES string of the molecule is O=C1c2ccccc2C(=O)C1c1ccc([N+](=O)[O-])c2ccccc12. The fraction of sp³-hybridized carbons (Fsp3) is 0.0526. The van der Waals surface area contributed by atoms with Crippen LogP contribution >= 0.6 is 0 Å². The number of nitro benzene ring substituents is 1. The predicted octanol–water partition coefficient (Wildman–Crippen LogP) is 3.91. The first kappa shape index (κ1) is 14.3. The van der Waals surface area contributed by atoms with Gasteiger partial charge in [-0.2, -0.15) is 0 Å². The molecule has 0 N–H and O–H groups in total. The van der Waals surface area contributed by atoms with Gasteiger partial charge in [-0.25, -0.2) is 0 Å². The van der Waals surface area contributed by atoms with E-state index in [1.54, 1.807) is 48.5 Å². The Morgan fingerprint density at radius 2 is 1.29 bits per heavy atom. The molecule has 0 atom stereocenters. The van der Waals surface area contributed by atoms with Crippen LogP contribution in [0.15, 0.2) is 60.7 Å². The van der Waals surface area contributed by atoms with E-state index in [1.165, 1.54) is 12.1 Å². The van der Waals surface area contributed by atoms with Crippen LogP contribution in [0, 0.1) is 10.1 Å². The topological polar surface area (TPSA) is 77.3 Å². The summed E-state index contributed by atoms with van der Waals surface area (Å²) in [5.41, 5.74) is 1.30. The van der Waals surface area contributed by atoms with Gasteiger partial charge in [0, 0.05) is 17.2 Å².